The van der Waals surface area contributed by atoms with Crippen molar-refractivity contribution in [3.8, 4) is 5.75 Å². The minimum absolute atomic E-state index is 0.00307. The smallest absolute Gasteiger partial charge is 0.263 e. The van der Waals surface area contributed by atoms with Gasteiger partial charge in [0.2, 0.25) is 0 Å². The van der Waals surface area contributed by atoms with Crippen LogP contribution >= 0.6 is 27.5 Å². The van der Waals surface area contributed by atoms with E-state index >= 15 is 0 Å². The molecule has 20 heavy (non-hydrogen) atoms. The minimum atomic E-state index is -0.598. The highest BCUT2D eigenvalue weighted by Crippen LogP contribution is 2.29. The van der Waals surface area contributed by atoms with Crippen LogP contribution in [0.15, 0.2) is 22.7 Å². The summed E-state index contributed by atoms with van der Waals surface area (Å²) in [6.45, 7) is 2.40. The monoisotopic (exact) mass is 361 g/mol. The van der Waals surface area contributed by atoms with Gasteiger partial charge in [0.1, 0.15) is 5.75 Å². The lowest BCUT2D eigenvalue weighted by molar-refractivity contribution is -0.139. The molecule has 0 aliphatic carbocycles. The van der Waals surface area contributed by atoms with Crippen LogP contribution in [0.4, 0.5) is 0 Å². The summed E-state index contributed by atoms with van der Waals surface area (Å²) in [7, 11) is 0. The van der Waals surface area contributed by atoms with Gasteiger partial charge in [-0.2, -0.15) is 0 Å². The fourth-order valence-corrected chi connectivity index (χ4v) is 3.14. The van der Waals surface area contributed by atoms with Crippen molar-refractivity contribution in [2.45, 2.75) is 31.9 Å². The lowest BCUT2D eigenvalue weighted by atomic mass is 10.2. The predicted octanol–water partition coefficient (Wildman–Crippen LogP) is 2.85. The largest absolute Gasteiger partial charge is 0.480 e. The first-order chi connectivity index (χ1) is 9.52. The maximum atomic E-state index is 12.3. The molecule has 1 heterocycles. The molecule has 1 fully saturated rings. The summed E-state index contributed by atoms with van der Waals surface area (Å²) in [6.07, 6.45) is 1.17. The van der Waals surface area contributed by atoms with Crippen molar-refractivity contribution >= 4 is 33.4 Å². The van der Waals surface area contributed by atoms with Crippen LogP contribution in [-0.2, 0) is 4.79 Å². The first-order valence-electron chi connectivity index (χ1n) is 6.56. The summed E-state index contributed by atoms with van der Waals surface area (Å²) < 4.78 is 6.40. The van der Waals surface area contributed by atoms with Gasteiger partial charge < -0.3 is 14.7 Å². The highest BCUT2D eigenvalue weighted by atomic mass is 79.9. The van der Waals surface area contributed by atoms with Gasteiger partial charge in [-0.1, -0.05) is 11.6 Å². The zero-order chi connectivity index (χ0) is 14.7. The van der Waals surface area contributed by atoms with Crippen LogP contribution in [0.2, 0.25) is 5.02 Å². The zero-order valence-electron chi connectivity index (χ0n) is 11.2. The van der Waals surface area contributed by atoms with Crippen LogP contribution in [0.3, 0.4) is 0 Å². The number of aliphatic hydroxyl groups is 1. The second kappa shape index (κ2) is 6.78. The molecular weight excluding hydrogens is 346 g/mol. The molecular formula is C14H17BrClNO3. The molecule has 2 atom stereocenters. The third-order valence-corrected chi connectivity index (χ3v) is 4.27. The molecule has 1 unspecified atom stereocenters. The van der Waals surface area contributed by atoms with E-state index in [-0.39, 0.29) is 18.6 Å². The van der Waals surface area contributed by atoms with Gasteiger partial charge in [0.25, 0.3) is 5.91 Å². The van der Waals surface area contributed by atoms with Gasteiger partial charge in [0.15, 0.2) is 6.10 Å². The van der Waals surface area contributed by atoms with Gasteiger partial charge in [0, 0.05) is 11.6 Å². The first kappa shape index (κ1) is 15.6. The topological polar surface area (TPSA) is 49.8 Å². The molecule has 0 bridgehead atoms. The van der Waals surface area contributed by atoms with E-state index in [2.05, 4.69) is 15.9 Å². The molecule has 1 saturated heterocycles. The quantitative estimate of drug-likeness (QED) is 0.896. The van der Waals surface area contributed by atoms with Crippen molar-refractivity contribution in [1.82, 2.24) is 4.90 Å². The molecule has 1 N–H and O–H groups in total. The Balaban J connectivity index is 2.04. The third kappa shape index (κ3) is 3.45. The second-order valence-electron chi connectivity index (χ2n) is 4.85. The van der Waals surface area contributed by atoms with E-state index < -0.39 is 6.10 Å². The van der Waals surface area contributed by atoms with Crippen LogP contribution in [0.1, 0.15) is 19.8 Å². The summed E-state index contributed by atoms with van der Waals surface area (Å²) >= 11 is 9.23. The fraction of sp³-hybridized carbons (Fsp3) is 0.500. The van der Waals surface area contributed by atoms with Crippen molar-refractivity contribution in [3.63, 3.8) is 0 Å². The molecule has 6 heteroatoms. The Kier molecular flexibility index (Phi) is 5.29. The van der Waals surface area contributed by atoms with Crippen LogP contribution in [0.25, 0.3) is 0 Å². The van der Waals surface area contributed by atoms with Crippen molar-refractivity contribution in [3.05, 3.63) is 27.7 Å². The molecule has 2 rings (SSSR count). The van der Waals surface area contributed by atoms with Gasteiger partial charge >= 0.3 is 0 Å². The Bertz CT molecular complexity index is 497. The third-order valence-electron chi connectivity index (χ3n) is 3.42. The number of ether oxygens (including phenoxy) is 1. The Labute approximate surface area is 131 Å². The number of hydrogen-bond donors (Lipinski definition) is 1. The number of nitrogens with zero attached hydrogens (tertiary/aromatic N) is 1. The highest BCUT2D eigenvalue weighted by Gasteiger charge is 2.31. The maximum absolute atomic E-state index is 12.3. The molecule has 1 aliphatic heterocycles. The van der Waals surface area contributed by atoms with Gasteiger partial charge in [-0.25, -0.2) is 0 Å². The van der Waals surface area contributed by atoms with E-state index in [9.17, 15) is 9.90 Å². The molecule has 1 aromatic rings. The molecule has 0 spiro atoms. The average Bonchev–Trinajstić information content (AvgIpc) is 2.89. The minimum Gasteiger partial charge on any atom is -0.480 e. The van der Waals surface area contributed by atoms with Crippen LogP contribution in [0, 0.1) is 0 Å². The lowest BCUT2D eigenvalue weighted by Crippen LogP contribution is -2.44. The van der Waals surface area contributed by atoms with Crippen LogP contribution in [-0.4, -0.2) is 41.2 Å². The van der Waals surface area contributed by atoms with Gasteiger partial charge in [-0.3, -0.25) is 4.79 Å². The summed E-state index contributed by atoms with van der Waals surface area (Å²) in [5, 5.41) is 9.87. The van der Waals surface area contributed by atoms with Crippen molar-refractivity contribution in [2.24, 2.45) is 0 Å². The van der Waals surface area contributed by atoms with E-state index in [1.165, 1.54) is 0 Å². The van der Waals surface area contributed by atoms with Gasteiger partial charge in [0.05, 0.1) is 17.1 Å². The number of likely N-dealkylation sites (tertiary alicyclic amines) is 1. The number of carbonyl (C=O) groups is 1. The predicted molar refractivity (Wildman–Crippen MR) is 81.1 cm³/mol. The van der Waals surface area contributed by atoms with E-state index in [0.717, 1.165) is 12.8 Å². The van der Waals surface area contributed by atoms with Gasteiger partial charge in [-0.05, 0) is 53.9 Å². The number of halogens is 2. The molecule has 1 aromatic carbocycles. The summed E-state index contributed by atoms with van der Waals surface area (Å²) in [5.74, 6) is 0.485. The van der Waals surface area contributed by atoms with Gasteiger partial charge in [-0.15, -0.1) is 0 Å². The summed E-state index contributed by atoms with van der Waals surface area (Å²) in [5.41, 5.74) is 0. The van der Waals surface area contributed by atoms with Crippen molar-refractivity contribution < 1.29 is 14.6 Å². The number of aliphatic hydroxyl groups excluding tert-OH is 1. The number of amides is 1. The highest BCUT2D eigenvalue weighted by molar-refractivity contribution is 9.10. The first-order valence-corrected chi connectivity index (χ1v) is 7.73. The number of carbonyl (C=O) groups excluding carboxylic acids is 1. The lowest BCUT2D eigenvalue weighted by Gasteiger charge is -2.26. The van der Waals surface area contributed by atoms with E-state index in [0.29, 0.717) is 21.8 Å². The number of benzene rings is 1. The van der Waals surface area contributed by atoms with E-state index in [1.54, 1.807) is 30.0 Å². The number of rotatable bonds is 4. The molecule has 110 valence electrons. The van der Waals surface area contributed by atoms with Crippen molar-refractivity contribution in [2.75, 3.05) is 13.2 Å². The maximum Gasteiger partial charge on any atom is 0.263 e. The van der Waals surface area contributed by atoms with Crippen LogP contribution in [0.5, 0.6) is 5.75 Å². The van der Waals surface area contributed by atoms with Crippen molar-refractivity contribution in [1.29, 1.82) is 0 Å². The normalized spacial score (nSPS) is 20.0. The molecule has 0 aromatic heterocycles. The molecule has 1 aliphatic rings. The number of hydrogen-bond acceptors (Lipinski definition) is 3. The summed E-state index contributed by atoms with van der Waals surface area (Å²) in [4.78, 5) is 14.0. The molecule has 0 radical (unpaired) electrons. The van der Waals surface area contributed by atoms with E-state index in [4.69, 9.17) is 16.3 Å². The fourth-order valence-electron chi connectivity index (χ4n) is 2.36. The summed E-state index contributed by atoms with van der Waals surface area (Å²) in [6, 6.07) is 5.08. The zero-order valence-corrected chi connectivity index (χ0v) is 13.5. The van der Waals surface area contributed by atoms with Crippen LogP contribution < -0.4 is 4.74 Å². The standard InChI is InChI=1S/C14H17BrClNO3/c1-9(14(19)17-6-2-3-11(17)8-18)20-13-5-4-10(16)7-12(13)15/h4-5,7,9,11,18H,2-3,6,8H2,1H3/t9?,11-/m1/s1. The Morgan fingerprint density at radius 2 is 2.40 bits per heavy atom. The molecule has 0 saturated carbocycles. The Morgan fingerprint density at radius 3 is 3.05 bits per heavy atom. The Hall–Kier alpha value is -0.780. The average molecular weight is 363 g/mol. The Morgan fingerprint density at radius 1 is 1.65 bits per heavy atom. The molecule has 1 amide bonds. The molecule has 4 nitrogen and oxygen atoms in total. The SMILES string of the molecule is CC(Oc1ccc(Cl)cc1Br)C(=O)N1CCC[C@@H]1CO. The van der Waals surface area contributed by atoms with E-state index in [1.807, 2.05) is 0 Å². The second-order valence-corrected chi connectivity index (χ2v) is 6.14.